The Hall–Kier alpha value is -2.91. The predicted octanol–water partition coefficient (Wildman–Crippen LogP) is 3.75. The molecule has 0 bridgehead atoms. The highest BCUT2D eigenvalue weighted by Crippen LogP contribution is 2.25. The van der Waals surface area contributed by atoms with E-state index in [2.05, 4.69) is 15.3 Å². The van der Waals surface area contributed by atoms with Crippen LogP contribution < -0.4 is 10.9 Å². The first-order valence-corrected chi connectivity index (χ1v) is 9.80. The van der Waals surface area contributed by atoms with Crippen molar-refractivity contribution in [3.63, 3.8) is 0 Å². The number of hydrogen-bond donors (Lipinski definition) is 1. The number of aryl methyl sites for hydroxylation is 1. The van der Waals surface area contributed by atoms with Gasteiger partial charge in [-0.1, -0.05) is 12.1 Å². The number of rotatable bonds is 5. The van der Waals surface area contributed by atoms with Crippen molar-refractivity contribution in [3.05, 3.63) is 63.6 Å². The van der Waals surface area contributed by atoms with E-state index in [-0.39, 0.29) is 30.2 Å². The molecule has 27 heavy (non-hydrogen) atoms. The molecule has 0 spiro atoms. The number of hydrogen-bond acceptors (Lipinski definition) is 6. The summed E-state index contributed by atoms with van der Waals surface area (Å²) >= 11 is 2.67. The Bertz CT molecular complexity index is 1180. The van der Waals surface area contributed by atoms with Gasteiger partial charge < -0.3 is 5.32 Å². The van der Waals surface area contributed by atoms with Crippen LogP contribution >= 0.6 is 22.7 Å². The van der Waals surface area contributed by atoms with Crippen molar-refractivity contribution < 1.29 is 9.18 Å². The lowest BCUT2D eigenvalue weighted by molar-refractivity contribution is -0.116. The van der Waals surface area contributed by atoms with E-state index in [4.69, 9.17) is 0 Å². The van der Waals surface area contributed by atoms with Crippen LogP contribution in [0.25, 0.3) is 21.5 Å². The van der Waals surface area contributed by atoms with Crippen LogP contribution in [0.1, 0.15) is 6.42 Å². The number of fused-ring (bicyclic) bond motifs is 1. The maximum Gasteiger partial charge on any atom is 0.262 e. The van der Waals surface area contributed by atoms with Crippen molar-refractivity contribution in [2.45, 2.75) is 13.0 Å². The minimum absolute atomic E-state index is 0.117. The van der Waals surface area contributed by atoms with Gasteiger partial charge in [-0.05, 0) is 23.6 Å². The molecule has 4 aromatic rings. The number of thiophene rings is 1. The van der Waals surface area contributed by atoms with E-state index < -0.39 is 0 Å². The number of anilines is 1. The van der Waals surface area contributed by atoms with Gasteiger partial charge in [0, 0.05) is 23.9 Å². The van der Waals surface area contributed by atoms with Gasteiger partial charge in [0.2, 0.25) is 5.91 Å². The van der Waals surface area contributed by atoms with Crippen molar-refractivity contribution in [1.82, 2.24) is 14.5 Å². The first-order chi connectivity index (χ1) is 13.1. The topological polar surface area (TPSA) is 76.9 Å². The Morgan fingerprint density at radius 3 is 3.00 bits per heavy atom. The Morgan fingerprint density at radius 2 is 2.15 bits per heavy atom. The Balaban J connectivity index is 1.41. The largest absolute Gasteiger partial charge is 0.302 e. The van der Waals surface area contributed by atoms with Crippen molar-refractivity contribution in [1.29, 1.82) is 0 Å². The fourth-order valence-corrected chi connectivity index (χ4v) is 4.03. The summed E-state index contributed by atoms with van der Waals surface area (Å²) < 4.78 is 14.7. The van der Waals surface area contributed by atoms with Gasteiger partial charge in [0.1, 0.15) is 10.6 Å². The Morgan fingerprint density at radius 1 is 1.26 bits per heavy atom. The van der Waals surface area contributed by atoms with Crippen LogP contribution in [0, 0.1) is 5.82 Å². The highest BCUT2D eigenvalue weighted by Gasteiger charge is 2.10. The number of carbonyl (C=O) groups excluding carboxylic acids is 1. The third-order valence-corrected chi connectivity index (χ3v) is 5.48. The molecule has 3 heterocycles. The first kappa shape index (κ1) is 17.5. The normalized spacial score (nSPS) is 11.0. The maximum atomic E-state index is 13.3. The highest BCUT2D eigenvalue weighted by molar-refractivity contribution is 7.16. The molecule has 3 aromatic heterocycles. The van der Waals surface area contributed by atoms with Gasteiger partial charge >= 0.3 is 0 Å². The van der Waals surface area contributed by atoms with E-state index in [9.17, 15) is 14.0 Å². The summed E-state index contributed by atoms with van der Waals surface area (Å²) in [7, 11) is 0. The molecule has 0 atom stereocenters. The Kier molecular flexibility index (Phi) is 4.78. The van der Waals surface area contributed by atoms with Crippen LogP contribution in [-0.2, 0) is 11.3 Å². The fourth-order valence-electron chi connectivity index (χ4n) is 2.57. The summed E-state index contributed by atoms with van der Waals surface area (Å²) in [6, 6.07) is 7.85. The van der Waals surface area contributed by atoms with Gasteiger partial charge in [-0.25, -0.2) is 14.4 Å². The lowest BCUT2D eigenvalue weighted by atomic mass is 10.2. The minimum atomic E-state index is -0.340. The molecule has 9 heteroatoms. The summed E-state index contributed by atoms with van der Waals surface area (Å²) in [6.07, 6.45) is 1.58. The van der Waals surface area contributed by atoms with Crippen molar-refractivity contribution in [3.8, 4) is 11.3 Å². The van der Waals surface area contributed by atoms with Crippen LogP contribution in [0.4, 0.5) is 9.52 Å². The van der Waals surface area contributed by atoms with Crippen LogP contribution in [0.3, 0.4) is 0 Å². The van der Waals surface area contributed by atoms with E-state index in [0.29, 0.717) is 26.6 Å². The molecule has 0 saturated heterocycles. The molecular formula is C18H13FN4O2S2. The predicted molar refractivity (Wildman–Crippen MR) is 105 cm³/mol. The number of nitrogens with one attached hydrogen (secondary N) is 1. The molecule has 6 nitrogen and oxygen atoms in total. The molecular weight excluding hydrogens is 387 g/mol. The summed E-state index contributed by atoms with van der Waals surface area (Å²) in [5.74, 6) is -0.597. The summed E-state index contributed by atoms with van der Waals surface area (Å²) in [4.78, 5) is 33.7. The summed E-state index contributed by atoms with van der Waals surface area (Å²) in [5.41, 5.74) is 1.09. The SMILES string of the molecule is O=C(CCn1cnc2sccc2c1=O)Nc1nc(-c2cccc(F)c2)cs1. The zero-order chi connectivity index (χ0) is 18.8. The third kappa shape index (κ3) is 3.79. The van der Waals surface area contributed by atoms with Crippen molar-refractivity contribution in [2.24, 2.45) is 0 Å². The number of benzene rings is 1. The Labute approximate surface area is 161 Å². The number of halogens is 1. The molecule has 0 radical (unpaired) electrons. The molecule has 4 rings (SSSR count). The minimum Gasteiger partial charge on any atom is -0.302 e. The summed E-state index contributed by atoms with van der Waals surface area (Å²) in [6.45, 7) is 0.228. The van der Waals surface area contributed by atoms with Crippen LogP contribution in [0.15, 0.2) is 52.2 Å². The van der Waals surface area contributed by atoms with E-state index in [0.717, 1.165) is 0 Å². The van der Waals surface area contributed by atoms with Gasteiger partial charge in [0.05, 0.1) is 17.4 Å². The number of amides is 1. The third-order valence-electron chi connectivity index (χ3n) is 3.90. The van der Waals surface area contributed by atoms with Crippen LogP contribution in [-0.4, -0.2) is 20.4 Å². The molecule has 1 N–H and O–H groups in total. The lowest BCUT2D eigenvalue weighted by Crippen LogP contribution is -2.23. The molecule has 136 valence electrons. The van der Waals surface area contributed by atoms with Crippen LogP contribution in [0.2, 0.25) is 0 Å². The zero-order valence-electron chi connectivity index (χ0n) is 13.9. The van der Waals surface area contributed by atoms with Crippen molar-refractivity contribution >= 4 is 43.9 Å². The standard InChI is InChI=1S/C18H13FN4O2S2/c19-12-3-1-2-11(8-12)14-9-27-18(21-14)22-15(24)4-6-23-10-20-16-13(17(23)25)5-7-26-16/h1-3,5,7-10H,4,6H2,(H,21,22,24). The quantitative estimate of drug-likeness (QED) is 0.554. The highest BCUT2D eigenvalue weighted by atomic mass is 32.1. The average Bonchev–Trinajstić information content (AvgIpc) is 3.31. The molecule has 0 saturated carbocycles. The van der Waals surface area contributed by atoms with E-state index >= 15 is 0 Å². The van der Waals surface area contributed by atoms with Gasteiger partial charge in [-0.3, -0.25) is 14.2 Å². The first-order valence-electron chi connectivity index (χ1n) is 8.04. The number of nitrogens with zero attached hydrogens (tertiary/aromatic N) is 3. The van der Waals surface area contributed by atoms with E-state index in [1.54, 1.807) is 23.6 Å². The van der Waals surface area contributed by atoms with E-state index in [1.165, 1.54) is 45.7 Å². The molecule has 0 unspecified atom stereocenters. The van der Waals surface area contributed by atoms with Crippen LogP contribution in [0.5, 0.6) is 0 Å². The molecule has 1 aromatic carbocycles. The number of aromatic nitrogens is 3. The molecule has 1 amide bonds. The zero-order valence-corrected chi connectivity index (χ0v) is 15.5. The van der Waals surface area contributed by atoms with Gasteiger partial charge in [0.15, 0.2) is 5.13 Å². The maximum absolute atomic E-state index is 13.3. The average molecular weight is 400 g/mol. The van der Waals surface area contributed by atoms with Crippen molar-refractivity contribution in [2.75, 3.05) is 5.32 Å². The van der Waals surface area contributed by atoms with E-state index in [1.807, 2.05) is 5.38 Å². The van der Waals surface area contributed by atoms with Gasteiger partial charge in [-0.15, -0.1) is 22.7 Å². The molecule has 0 aliphatic heterocycles. The summed E-state index contributed by atoms with van der Waals surface area (Å²) in [5, 5.41) is 7.26. The second-order valence-electron chi connectivity index (χ2n) is 5.73. The monoisotopic (exact) mass is 400 g/mol. The second-order valence-corrected chi connectivity index (χ2v) is 7.48. The van der Waals surface area contributed by atoms with Gasteiger partial charge in [-0.2, -0.15) is 0 Å². The molecule has 0 aliphatic rings. The fraction of sp³-hybridized carbons (Fsp3) is 0.111. The lowest BCUT2D eigenvalue weighted by Gasteiger charge is -2.05. The molecule has 0 fully saturated rings. The second kappa shape index (κ2) is 7.37. The smallest absolute Gasteiger partial charge is 0.262 e. The number of carbonyl (C=O) groups is 1. The molecule has 0 aliphatic carbocycles. The van der Waals surface area contributed by atoms with Gasteiger partial charge in [0.25, 0.3) is 5.56 Å². The number of thiazole rings is 1.